The number of carboxylic acids is 1. The summed E-state index contributed by atoms with van der Waals surface area (Å²) in [5.41, 5.74) is 2.30. The molecule has 1 fully saturated rings. The van der Waals surface area contributed by atoms with Gasteiger partial charge in [0.05, 0.1) is 5.92 Å². The van der Waals surface area contributed by atoms with Crippen LogP contribution in [0.5, 0.6) is 0 Å². The maximum Gasteiger partial charge on any atom is 0.306 e. The minimum atomic E-state index is -0.745. The first-order chi connectivity index (χ1) is 11.9. The average molecular weight is 347 g/mol. The van der Waals surface area contributed by atoms with Crippen LogP contribution in [-0.4, -0.2) is 64.5 Å². The normalized spacial score (nSPS) is 16.9. The van der Waals surface area contributed by atoms with E-state index in [2.05, 4.69) is 29.8 Å². The molecule has 0 unspecified atom stereocenters. The van der Waals surface area contributed by atoms with E-state index in [1.807, 2.05) is 19.3 Å². The van der Waals surface area contributed by atoms with Gasteiger partial charge in [-0.1, -0.05) is 6.07 Å². The first-order valence-corrected chi connectivity index (χ1v) is 8.99. The van der Waals surface area contributed by atoms with Crippen molar-refractivity contribution in [2.75, 3.05) is 26.7 Å². The van der Waals surface area contributed by atoms with Gasteiger partial charge in [0.2, 0.25) is 5.91 Å². The number of hydrogen-bond acceptors (Lipinski definition) is 4. The SMILES string of the molecule is Cc1cccnc1C[C@H](C)N(C)CCC(=O)N1CCC(C(=O)O)CC1. The van der Waals surface area contributed by atoms with E-state index >= 15 is 0 Å². The molecule has 1 atom stereocenters. The first kappa shape index (κ1) is 19.4. The van der Waals surface area contributed by atoms with Gasteiger partial charge < -0.3 is 14.9 Å². The molecule has 6 heteroatoms. The van der Waals surface area contributed by atoms with Crippen molar-refractivity contribution in [3.05, 3.63) is 29.6 Å². The minimum Gasteiger partial charge on any atom is -0.481 e. The smallest absolute Gasteiger partial charge is 0.306 e. The zero-order chi connectivity index (χ0) is 18.4. The van der Waals surface area contributed by atoms with E-state index in [0.29, 0.717) is 44.9 Å². The Hall–Kier alpha value is -1.95. The Balaban J connectivity index is 1.75. The summed E-state index contributed by atoms with van der Waals surface area (Å²) in [5.74, 6) is -0.921. The Morgan fingerprint density at radius 3 is 2.68 bits per heavy atom. The van der Waals surface area contributed by atoms with E-state index in [1.165, 1.54) is 5.56 Å². The van der Waals surface area contributed by atoms with E-state index in [4.69, 9.17) is 5.11 Å². The molecule has 25 heavy (non-hydrogen) atoms. The second-order valence-corrected chi connectivity index (χ2v) is 7.04. The van der Waals surface area contributed by atoms with Crippen molar-refractivity contribution in [3.63, 3.8) is 0 Å². The Morgan fingerprint density at radius 2 is 2.08 bits per heavy atom. The number of rotatable bonds is 7. The van der Waals surface area contributed by atoms with Crippen LogP contribution < -0.4 is 0 Å². The summed E-state index contributed by atoms with van der Waals surface area (Å²) in [6.45, 7) is 6.03. The fourth-order valence-corrected chi connectivity index (χ4v) is 3.19. The predicted octanol–water partition coefficient (Wildman–Crippen LogP) is 1.97. The zero-order valence-corrected chi connectivity index (χ0v) is 15.4. The van der Waals surface area contributed by atoms with E-state index in [0.717, 1.165) is 12.1 Å². The van der Waals surface area contributed by atoms with Crippen molar-refractivity contribution in [1.82, 2.24) is 14.8 Å². The van der Waals surface area contributed by atoms with Gasteiger partial charge in [-0.05, 0) is 45.4 Å². The molecule has 1 aliphatic rings. The highest BCUT2D eigenvalue weighted by Gasteiger charge is 2.27. The quantitative estimate of drug-likeness (QED) is 0.816. The first-order valence-electron chi connectivity index (χ1n) is 8.99. The second-order valence-electron chi connectivity index (χ2n) is 7.04. The summed E-state index contributed by atoms with van der Waals surface area (Å²) < 4.78 is 0. The van der Waals surface area contributed by atoms with E-state index in [9.17, 15) is 9.59 Å². The van der Waals surface area contributed by atoms with Crippen LogP contribution in [0.15, 0.2) is 18.3 Å². The Morgan fingerprint density at radius 1 is 1.40 bits per heavy atom. The molecular formula is C19H29N3O3. The molecule has 0 aliphatic carbocycles. The molecule has 6 nitrogen and oxygen atoms in total. The van der Waals surface area contributed by atoms with E-state index in [1.54, 1.807) is 4.90 Å². The number of likely N-dealkylation sites (N-methyl/N-ethyl adjacent to an activating group) is 1. The number of nitrogens with zero attached hydrogens (tertiary/aromatic N) is 3. The van der Waals surface area contributed by atoms with Crippen molar-refractivity contribution in [2.45, 2.75) is 45.6 Å². The lowest BCUT2D eigenvalue weighted by molar-refractivity contribution is -0.145. The number of amides is 1. The van der Waals surface area contributed by atoms with Gasteiger partial charge in [-0.3, -0.25) is 14.6 Å². The summed E-state index contributed by atoms with van der Waals surface area (Å²) in [5, 5.41) is 9.03. The number of aryl methyl sites for hydroxylation is 1. The largest absolute Gasteiger partial charge is 0.481 e. The summed E-state index contributed by atoms with van der Waals surface area (Å²) in [6.07, 6.45) is 4.28. The standard InChI is InChI=1S/C19H29N3O3/c1-14-5-4-9-20-17(14)13-15(2)21(3)10-8-18(23)22-11-6-16(7-12-22)19(24)25/h4-5,9,15-16H,6-8,10-13H2,1-3H3,(H,24,25)/t15-/m0/s1. The molecule has 1 N–H and O–H groups in total. The van der Waals surface area contributed by atoms with Crippen LogP contribution in [0, 0.1) is 12.8 Å². The van der Waals surface area contributed by atoms with Gasteiger partial charge in [-0.25, -0.2) is 0 Å². The molecule has 0 saturated carbocycles. The summed E-state index contributed by atoms with van der Waals surface area (Å²) in [7, 11) is 2.03. The zero-order valence-electron chi connectivity index (χ0n) is 15.4. The lowest BCUT2D eigenvalue weighted by Gasteiger charge is -2.31. The Kier molecular flexibility index (Phi) is 6.93. The highest BCUT2D eigenvalue weighted by Crippen LogP contribution is 2.18. The topological polar surface area (TPSA) is 73.7 Å². The van der Waals surface area contributed by atoms with Gasteiger partial charge in [-0.15, -0.1) is 0 Å². The monoisotopic (exact) mass is 347 g/mol. The van der Waals surface area contributed by atoms with Crippen LogP contribution in [0.4, 0.5) is 0 Å². The molecule has 1 aliphatic heterocycles. The molecule has 0 aromatic carbocycles. The van der Waals surface area contributed by atoms with Crippen molar-refractivity contribution in [3.8, 4) is 0 Å². The molecule has 0 bridgehead atoms. The predicted molar refractivity (Wildman–Crippen MR) is 96.3 cm³/mol. The molecule has 1 aromatic heterocycles. The lowest BCUT2D eigenvalue weighted by Crippen LogP contribution is -2.42. The van der Waals surface area contributed by atoms with Gasteiger partial charge in [0.1, 0.15) is 0 Å². The molecule has 1 amide bonds. The number of carboxylic acid groups (broad SMARTS) is 1. The number of carbonyl (C=O) groups excluding carboxylic acids is 1. The second kappa shape index (κ2) is 8.94. The number of piperidine rings is 1. The molecule has 2 rings (SSSR count). The minimum absolute atomic E-state index is 0.122. The van der Waals surface area contributed by atoms with Crippen molar-refractivity contribution < 1.29 is 14.7 Å². The van der Waals surface area contributed by atoms with Crippen molar-refractivity contribution >= 4 is 11.9 Å². The fourth-order valence-electron chi connectivity index (χ4n) is 3.19. The number of hydrogen-bond donors (Lipinski definition) is 1. The number of likely N-dealkylation sites (tertiary alicyclic amines) is 1. The summed E-state index contributed by atoms with van der Waals surface area (Å²) >= 11 is 0. The number of carbonyl (C=O) groups is 2. The van der Waals surface area contributed by atoms with Crippen LogP contribution in [0.25, 0.3) is 0 Å². The van der Waals surface area contributed by atoms with Crippen LogP contribution in [0.3, 0.4) is 0 Å². The molecule has 1 aromatic rings. The van der Waals surface area contributed by atoms with Crippen molar-refractivity contribution in [2.24, 2.45) is 5.92 Å². The maximum atomic E-state index is 12.4. The third-order valence-corrected chi connectivity index (χ3v) is 5.23. The van der Waals surface area contributed by atoms with Gasteiger partial charge in [0.15, 0.2) is 0 Å². The Bertz CT molecular complexity index is 597. The van der Waals surface area contributed by atoms with E-state index in [-0.39, 0.29) is 11.8 Å². The number of aromatic nitrogens is 1. The van der Waals surface area contributed by atoms with Gasteiger partial charge >= 0.3 is 5.97 Å². The lowest BCUT2D eigenvalue weighted by atomic mass is 9.97. The van der Waals surface area contributed by atoms with Crippen molar-refractivity contribution in [1.29, 1.82) is 0 Å². The highest BCUT2D eigenvalue weighted by molar-refractivity contribution is 5.77. The molecule has 1 saturated heterocycles. The maximum absolute atomic E-state index is 12.4. The van der Waals surface area contributed by atoms with Crippen LogP contribution >= 0.6 is 0 Å². The molecule has 0 spiro atoms. The summed E-state index contributed by atoms with van der Waals surface area (Å²) in [4.78, 5) is 31.8. The Labute approximate surface area is 149 Å². The van der Waals surface area contributed by atoms with Gasteiger partial charge in [-0.2, -0.15) is 0 Å². The average Bonchev–Trinajstić information content (AvgIpc) is 2.61. The third-order valence-electron chi connectivity index (χ3n) is 5.23. The number of aliphatic carboxylic acids is 1. The van der Waals surface area contributed by atoms with E-state index < -0.39 is 5.97 Å². The highest BCUT2D eigenvalue weighted by atomic mass is 16.4. The third kappa shape index (κ3) is 5.53. The van der Waals surface area contributed by atoms with Crippen LogP contribution in [0.1, 0.15) is 37.4 Å². The fraction of sp³-hybridized carbons (Fsp3) is 0.632. The summed E-state index contributed by atoms with van der Waals surface area (Å²) in [6, 6.07) is 4.32. The van der Waals surface area contributed by atoms with Crippen LogP contribution in [-0.2, 0) is 16.0 Å². The molecule has 138 valence electrons. The van der Waals surface area contributed by atoms with Gasteiger partial charge in [0.25, 0.3) is 0 Å². The van der Waals surface area contributed by atoms with Crippen LogP contribution in [0.2, 0.25) is 0 Å². The molecule has 2 heterocycles. The number of pyridine rings is 1. The van der Waals surface area contributed by atoms with Gasteiger partial charge in [0, 0.05) is 50.4 Å². The molecule has 0 radical (unpaired) electrons. The molecular weight excluding hydrogens is 318 g/mol.